The topological polar surface area (TPSA) is 95.5 Å². The molecule has 0 bridgehead atoms. The Bertz CT molecular complexity index is 945. The van der Waals surface area contributed by atoms with Crippen LogP contribution in [0, 0.1) is 0 Å². The van der Waals surface area contributed by atoms with Crippen LogP contribution in [0.4, 0.5) is 5.69 Å². The van der Waals surface area contributed by atoms with E-state index in [2.05, 4.69) is 26.0 Å². The first-order valence-corrected chi connectivity index (χ1v) is 11.8. The van der Waals surface area contributed by atoms with Crippen molar-refractivity contribution in [3.63, 3.8) is 0 Å². The second-order valence-electron chi connectivity index (χ2n) is 6.53. The van der Waals surface area contributed by atoms with Crippen LogP contribution in [-0.4, -0.2) is 30.5 Å². The summed E-state index contributed by atoms with van der Waals surface area (Å²) in [6, 6.07) is 12.7. The zero-order chi connectivity index (χ0) is 21.4. The van der Waals surface area contributed by atoms with Gasteiger partial charge in [0.1, 0.15) is 0 Å². The minimum Gasteiger partial charge on any atom is -0.481 e. The third kappa shape index (κ3) is 7.50. The Balaban J connectivity index is 2.12. The lowest BCUT2D eigenvalue weighted by Crippen LogP contribution is -2.42. The van der Waals surface area contributed by atoms with Gasteiger partial charge >= 0.3 is 5.97 Å². The van der Waals surface area contributed by atoms with Gasteiger partial charge < -0.3 is 10.4 Å². The normalized spacial score (nSPS) is 12.3. The lowest BCUT2D eigenvalue weighted by molar-refractivity contribution is -0.136. The SMILES string of the molecule is CCCC[C@H](NS(=O)(=O)c1ccc(Br)cc1)C(=S)Nc1ccc(CC(=O)O)cc1. The molecule has 0 aromatic heterocycles. The number of sulfonamides is 1. The quantitative estimate of drug-likeness (QED) is 0.421. The molecule has 0 saturated heterocycles. The molecule has 3 N–H and O–H groups in total. The summed E-state index contributed by atoms with van der Waals surface area (Å²) in [5, 5.41) is 11.9. The van der Waals surface area contributed by atoms with Gasteiger partial charge in [-0.2, -0.15) is 0 Å². The van der Waals surface area contributed by atoms with E-state index in [0.717, 1.165) is 17.3 Å². The number of benzene rings is 2. The molecule has 0 spiro atoms. The fraction of sp³-hybridized carbons (Fsp3) is 0.300. The van der Waals surface area contributed by atoms with Crippen LogP contribution in [0.5, 0.6) is 0 Å². The van der Waals surface area contributed by atoms with Gasteiger partial charge in [-0.15, -0.1) is 0 Å². The number of rotatable bonds is 10. The van der Waals surface area contributed by atoms with Gasteiger partial charge in [-0.1, -0.05) is 60.0 Å². The maximum atomic E-state index is 12.8. The summed E-state index contributed by atoms with van der Waals surface area (Å²) in [7, 11) is -3.73. The second-order valence-corrected chi connectivity index (χ2v) is 9.60. The van der Waals surface area contributed by atoms with Crippen molar-refractivity contribution in [3.05, 3.63) is 58.6 Å². The van der Waals surface area contributed by atoms with Crippen LogP contribution in [0.2, 0.25) is 0 Å². The van der Waals surface area contributed by atoms with Gasteiger partial charge in [-0.05, 0) is 48.4 Å². The number of hydrogen-bond acceptors (Lipinski definition) is 4. The van der Waals surface area contributed by atoms with E-state index in [4.69, 9.17) is 17.3 Å². The van der Waals surface area contributed by atoms with Gasteiger partial charge in [0.25, 0.3) is 0 Å². The summed E-state index contributed by atoms with van der Waals surface area (Å²) in [4.78, 5) is 11.3. The van der Waals surface area contributed by atoms with Gasteiger partial charge in [0.15, 0.2) is 0 Å². The highest BCUT2D eigenvalue weighted by Gasteiger charge is 2.23. The van der Waals surface area contributed by atoms with E-state index in [1.807, 2.05) is 6.92 Å². The summed E-state index contributed by atoms with van der Waals surface area (Å²) >= 11 is 8.77. The molecule has 0 aliphatic rings. The monoisotopic (exact) mass is 498 g/mol. The molecule has 0 aliphatic heterocycles. The molecule has 0 saturated carbocycles. The lowest BCUT2D eigenvalue weighted by Gasteiger charge is -2.21. The molecule has 156 valence electrons. The Labute approximate surface area is 184 Å². The van der Waals surface area contributed by atoms with Crippen LogP contribution >= 0.6 is 28.1 Å². The smallest absolute Gasteiger partial charge is 0.307 e. The van der Waals surface area contributed by atoms with Crippen molar-refractivity contribution in [1.82, 2.24) is 4.72 Å². The molecule has 0 radical (unpaired) electrons. The molecular weight excluding hydrogens is 476 g/mol. The number of carboxylic acid groups (broad SMARTS) is 1. The van der Waals surface area contributed by atoms with Crippen LogP contribution < -0.4 is 10.0 Å². The predicted octanol–water partition coefficient (Wildman–Crippen LogP) is 4.35. The van der Waals surface area contributed by atoms with Crippen LogP contribution in [0.3, 0.4) is 0 Å². The van der Waals surface area contributed by atoms with Crippen molar-refractivity contribution in [2.75, 3.05) is 5.32 Å². The highest BCUT2D eigenvalue weighted by molar-refractivity contribution is 9.10. The number of nitrogens with one attached hydrogen (secondary N) is 2. The van der Waals surface area contributed by atoms with Gasteiger partial charge in [-0.25, -0.2) is 13.1 Å². The van der Waals surface area contributed by atoms with Gasteiger partial charge in [-0.3, -0.25) is 4.79 Å². The molecule has 1 atom stereocenters. The largest absolute Gasteiger partial charge is 0.481 e. The number of anilines is 1. The average molecular weight is 499 g/mol. The maximum absolute atomic E-state index is 12.8. The Morgan fingerprint density at radius 3 is 2.31 bits per heavy atom. The van der Waals surface area contributed by atoms with Crippen LogP contribution in [0.15, 0.2) is 57.9 Å². The molecule has 0 amide bonds. The van der Waals surface area contributed by atoms with Crippen molar-refractivity contribution in [2.24, 2.45) is 0 Å². The first-order valence-electron chi connectivity index (χ1n) is 9.10. The highest BCUT2D eigenvalue weighted by Crippen LogP contribution is 2.17. The Hall–Kier alpha value is -1.81. The standard InChI is InChI=1S/C20H23BrN2O4S2/c1-2-3-4-18(23-29(26,27)17-11-7-15(21)8-12-17)20(28)22-16-9-5-14(6-10-16)13-19(24)25/h5-12,18,23H,2-4,13H2,1H3,(H,22,28)(H,24,25)/t18-/m0/s1. The van der Waals surface area contributed by atoms with E-state index in [9.17, 15) is 13.2 Å². The molecule has 0 aliphatic carbocycles. The highest BCUT2D eigenvalue weighted by atomic mass is 79.9. The molecular formula is C20H23BrN2O4S2. The average Bonchev–Trinajstić information content (AvgIpc) is 2.66. The number of carboxylic acids is 1. The zero-order valence-corrected chi connectivity index (χ0v) is 19.1. The lowest BCUT2D eigenvalue weighted by atomic mass is 10.1. The Morgan fingerprint density at radius 2 is 1.76 bits per heavy atom. The van der Waals surface area contributed by atoms with E-state index in [0.29, 0.717) is 22.7 Å². The number of unbranched alkanes of at least 4 members (excludes halogenated alkanes) is 1. The third-order valence-corrected chi connectivity index (χ3v) is 6.56. The summed E-state index contributed by atoms with van der Waals surface area (Å²) in [5.74, 6) is -0.900. The van der Waals surface area contributed by atoms with Crippen molar-refractivity contribution < 1.29 is 18.3 Å². The third-order valence-electron chi connectivity index (χ3n) is 4.16. The van der Waals surface area contributed by atoms with E-state index < -0.39 is 22.0 Å². The van der Waals surface area contributed by atoms with E-state index in [1.54, 1.807) is 36.4 Å². The number of thiocarbonyl (C=S) groups is 1. The molecule has 2 aromatic carbocycles. The van der Waals surface area contributed by atoms with E-state index in [-0.39, 0.29) is 11.3 Å². The molecule has 2 aromatic rings. The van der Waals surface area contributed by atoms with E-state index >= 15 is 0 Å². The number of carbonyl (C=O) groups is 1. The summed E-state index contributed by atoms with van der Waals surface area (Å²) in [5.41, 5.74) is 1.35. The number of halogens is 1. The van der Waals surface area contributed by atoms with Crippen molar-refractivity contribution in [1.29, 1.82) is 0 Å². The Kier molecular flexibility index (Phi) is 8.76. The summed E-state index contributed by atoms with van der Waals surface area (Å²) in [6.45, 7) is 2.03. The zero-order valence-electron chi connectivity index (χ0n) is 15.9. The Morgan fingerprint density at radius 1 is 1.14 bits per heavy atom. The predicted molar refractivity (Wildman–Crippen MR) is 122 cm³/mol. The number of aliphatic carboxylic acids is 1. The molecule has 0 heterocycles. The fourth-order valence-corrected chi connectivity index (χ4v) is 4.51. The first kappa shape index (κ1) is 23.5. The maximum Gasteiger partial charge on any atom is 0.307 e. The molecule has 6 nitrogen and oxygen atoms in total. The van der Waals surface area contributed by atoms with Crippen LogP contribution in [0.1, 0.15) is 31.7 Å². The molecule has 29 heavy (non-hydrogen) atoms. The summed E-state index contributed by atoms with van der Waals surface area (Å²) in [6.07, 6.45) is 2.22. The molecule has 0 unspecified atom stereocenters. The van der Waals surface area contributed by atoms with Crippen molar-refractivity contribution >= 4 is 54.8 Å². The van der Waals surface area contributed by atoms with Crippen molar-refractivity contribution in [3.8, 4) is 0 Å². The van der Waals surface area contributed by atoms with Gasteiger partial charge in [0.05, 0.1) is 22.3 Å². The number of hydrogen-bond donors (Lipinski definition) is 3. The fourth-order valence-electron chi connectivity index (χ4n) is 2.63. The van der Waals surface area contributed by atoms with Crippen LogP contribution in [0.25, 0.3) is 0 Å². The van der Waals surface area contributed by atoms with Gasteiger partial charge in [0.2, 0.25) is 10.0 Å². The second kappa shape index (κ2) is 10.8. The molecule has 2 rings (SSSR count). The molecule has 9 heteroatoms. The van der Waals surface area contributed by atoms with Crippen LogP contribution in [-0.2, 0) is 21.2 Å². The summed E-state index contributed by atoms with van der Waals surface area (Å²) < 4.78 is 29.0. The first-order chi connectivity index (χ1) is 13.7. The minimum atomic E-state index is -3.73. The minimum absolute atomic E-state index is 0.0587. The van der Waals surface area contributed by atoms with Gasteiger partial charge in [0, 0.05) is 10.2 Å². The molecule has 0 fully saturated rings. The van der Waals surface area contributed by atoms with Crippen molar-refractivity contribution in [2.45, 2.75) is 43.5 Å². The van der Waals surface area contributed by atoms with E-state index in [1.165, 1.54) is 12.1 Å².